The summed E-state index contributed by atoms with van der Waals surface area (Å²) in [7, 11) is 0. The molecular weight excluding hydrogens is 462 g/mol. The SMILES string of the molecule is CC(C)(CC(=O)c1cnn2c1NC(c1ccccc1)CC2(C)C)c1nc(-c2ccc(Cl)cc2)no1. The molecule has 3 heterocycles. The molecule has 4 aromatic rings. The van der Waals surface area contributed by atoms with Gasteiger partial charge in [-0.1, -0.05) is 60.9 Å². The fourth-order valence-electron chi connectivity index (χ4n) is 4.63. The van der Waals surface area contributed by atoms with Crippen LogP contribution in [0.1, 0.15) is 68.4 Å². The van der Waals surface area contributed by atoms with Gasteiger partial charge in [-0.25, -0.2) is 4.68 Å². The molecule has 1 aliphatic heterocycles. The van der Waals surface area contributed by atoms with Crippen molar-refractivity contribution in [1.82, 2.24) is 19.9 Å². The van der Waals surface area contributed by atoms with Crippen molar-refractivity contribution < 1.29 is 9.32 Å². The van der Waals surface area contributed by atoms with Crippen molar-refractivity contribution in [2.24, 2.45) is 0 Å². The second kappa shape index (κ2) is 8.64. The highest BCUT2D eigenvalue weighted by Gasteiger charge is 2.38. The number of nitrogens with zero attached hydrogens (tertiary/aromatic N) is 4. The quantitative estimate of drug-likeness (QED) is 0.314. The van der Waals surface area contributed by atoms with Crippen molar-refractivity contribution in [3.8, 4) is 11.4 Å². The van der Waals surface area contributed by atoms with Crippen molar-refractivity contribution in [2.45, 2.75) is 57.5 Å². The van der Waals surface area contributed by atoms with Gasteiger partial charge in [0.1, 0.15) is 5.82 Å². The molecule has 1 unspecified atom stereocenters. The third kappa shape index (κ3) is 4.48. The molecular formula is C27H28ClN5O2. The summed E-state index contributed by atoms with van der Waals surface area (Å²) in [4.78, 5) is 18.1. The maximum Gasteiger partial charge on any atom is 0.233 e. The molecule has 0 saturated heterocycles. The number of Topliss-reactive ketones (excluding diaryl/α,β-unsaturated/α-hetero) is 1. The van der Waals surface area contributed by atoms with E-state index in [9.17, 15) is 4.79 Å². The van der Waals surface area contributed by atoms with E-state index >= 15 is 0 Å². The van der Waals surface area contributed by atoms with Gasteiger partial charge in [0.15, 0.2) is 5.78 Å². The zero-order valence-corrected chi connectivity index (χ0v) is 21.0. The molecule has 0 amide bonds. The van der Waals surface area contributed by atoms with Crippen LogP contribution < -0.4 is 5.32 Å². The topological polar surface area (TPSA) is 85.8 Å². The highest BCUT2D eigenvalue weighted by Crippen LogP contribution is 2.41. The van der Waals surface area contributed by atoms with Crippen LogP contribution in [0.15, 0.2) is 65.3 Å². The van der Waals surface area contributed by atoms with E-state index in [2.05, 4.69) is 46.5 Å². The van der Waals surface area contributed by atoms with E-state index in [-0.39, 0.29) is 23.8 Å². The minimum Gasteiger partial charge on any atom is -0.363 e. The highest BCUT2D eigenvalue weighted by molar-refractivity contribution is 6.30. The number of nitrogens with one attached hydrogen (secondary N) is 1. The van der Waals surface area contributed by atoms with Crippen LogP contribution in [0, 0.1) is 0 Å². The zero-order chi connectivity index (χ0) is 24.8. The van der Waals surface area contributed by atoms with Gasteiger partial charge in [-0.3, -0.25) is 4.79 Å². The number of rotatable bonds is 6. The Labute approximate surface area is 209 Å². The minimum atomic E-state index is -0.660. The summed E-state index contributed by atoms with van der Waals surface area (Å²) in [5.41, 5.74) is 1.66. The summed E-state index contributed by atoms with van der Waals surface area (Å²) in [6, 6.07) is 17.6. The smallest absolute Gasteiger partial charge is 0.233 e. The van der Waals surface area contributed by atoms with Gasteiger partial charge in [0.2, 0.25) is 11.7 Å². The Morgan fingerprint density at radius 1 is 1.17 bits per heavy atom. The number of ketones is 1. The van der Waals surface area contributed by atoms with Crippen molar-refractivity contribution in [3.05, 3.63) is 82.8 Å². The Morgan fingerprint density at radius 3 is 2.60 bits per heavy atom. The minimum absolute atomic E-state index is 0.0282. The first-order valence-corrected chi connectivity index (χ1v) is 12.1. The zero-order valence-electron chi connectivity index (χ0n) is 20.2. The van der Waals surface area contributed by atoms with Crippen molar-refractivity contribution in [3.63, 3.8) is 0 Å². The average Bonchev–Trinajstić information content (AvgIpc) is 3.48. The number of anilines is 1. The van der Waals surface area contributed by atoms with E-state index in [1.807, 2.05) is 48.9 Å². The number of hydrogen-bond donors (Lipinski definition) is 1. The molecule has 0 spiro atoms. The van der Waals surface area contributed by atoms with Gasteiger partial charge < -0.3 is 9.84 Å². The van der Waals surface area contributed by atoms with E-state index in [1.54, 1.807) is 18.3 Å². The Kier molecular flexibility index (Phi) is 5.75. The van der Waals surface area contributed by atoms with Crippen LogP contribution in [-0.4, -0.2) is 25.7 Å². The molecule has 5 rings (SSSR count). The average molecular weight is 490 g/mol. The van der Waals surface area contributed by atoms with E-state index in [0.29, 0.717) is 22.3 Å². The monoisotopic (exact) mass is 489 g/mol. The Morgan fingerprint density at radius 2 is 1.89 bits per heavy atom. The molecule has 8 heteroatoms. The summed E-state index contributed by atoms with van der Waals surface area (Å²) in [5.74, 6) is 1.60. The molecule has 180 valence electrons. The van der Waals surface area contributed by atoms with Crippen LogP contribution in [0.2, 0.25) is 5.02 Å². The Balaban J connectivity index is 1.39. The molecule has 2 aromatic heterocycles. The lowest BCUT2D eigenvalue weighted by Gasteiger charge is -2.38. The van der Waals surface area contributed by atoms with Crippen LogP contribution in [0.4, 0.5) is 5.82 Å². The Hall–Kier alpha value is -3.45. The van der Waals surface area contributed by atoms with E-state index < -0.39 is 5.41 Å². The van der Waals surface area contributed by atoms with Crippen LogP contribution in [0.3, 0.4) is 0 Å². The molecule has 0 bridgehead atoms. The van der Waals surface area contributed by atoms with E-state index in [4.69, 9.17) is 16.1 Å². The van der Waals surface area contributed by atoms with Crippen molar-refractivity contribution in [2.75, 3.05) is 5.32 Å². The van der Waals surface area contributed by atoms with Crippen molar-refractivity contribution >= 4 is 23.2 Å². The molecule has 0 saturated carbocycles. The largest absolute Gasteiger partial charge is 0.363 e. The number of hydrogen-bond acceptors (Lipinski definition) is 6. The molecule has 1 atom stereocenters. The molecule has 0 fully saturated rings. The van der Waals surface area contributed by atoms with Gasteiger partial charge in [0.05, 0.1) is 28.8 Å². The van der Waals surface area contributed by atoms with Gasteiger partial charge >= 0.3 is 0 Å². The fourth-order valence-corrected chi connectivity index (χ4v) is 4.75. The molecule has 0 radical (unpaired) electrons. The number of benzene rings is 2. The summed E-state index contributed by atoms with van der Waals surface area (Å²) in [6.07, 6.45) is 2.73. The second-order valence-corrected chi connectivity index (χ2v) is 10.8. The van der Waals surface area contributed by atoms with Crippen molar-refractivity contribution in [1.29, 1.82) is 0 Å². The molecule has 2 aromatic carbocycles. The summed E-state index contributed by atoms with van der Waals surface area (Å²) in [5, 5.41) is 12.9. The predicted molar refractivity (Wildman–Crippen MR) is 136 cm³/mol. The van der Waals surface area contributed by atoms with E-state index in [0.717, 1.165) is 17.8 Å². The lowest BCUT2D eigenvalue weighted by atomic mass is 9.85. The second-order valence-electron chi connectivity index (χ2n) is 10.4. The lowest BCUT2D eigenvalue weighted by molar-refractivity contribution is 0.0947. The maximum atomic E-state index is 13.5. The molecule has 7 nitrogen and oxygen atoms in total. The molecule has 35 heavy (non-hydrogen) atoms. The first-order chi connectivity index (χ1) is 16.6. The summed E-state index contributed by atoms with van der Waals surface area (Å²) in [6.45, 7) is 8.17. The number of halogens is 1. The van der Waals surface area contributed by atoms with Gasteiger partial charge in [-0.15, -0.1) is 0 Å². The number of carbonyl (C=O) groups is 1. The summed E-state index contributed by atoms with van der Waals surface area (Å²) < 4.78 is 7.50. The number of aromatic nitrogens is 4. The van der Waals surface area contributed by atoms with Crippen LogP contribution in [0.5, 0.6) is 0 Å². The standard InChI is InChI=1S/C27H28ClN5O2/c1-26(2,25-31-23(32-35-25)18-10-12-19(28)13-11-18)15-22(34)20-16-29-33-24(20)30-21(14-27(33,3)4)17-8-6-5-7-9-17/h5-13,16,21,30H,14-15H2,1-4H3. The van der Waals surface area contributed by atoms with Crippen LogP contribution >= 0.6 is 11.6 Å². The third-order valence-electron chi connectivity index (χ3n) is 6.57. The Bertz CT molecular complexity index is 1360. The highest BCUT2D eigenvalue weighted by atomic mass is 35.5. The number of fused-ring (bicyclic) bond motifs is 1. The predicted octanol–water partition coefficient (Wildman–Crippen LogP) is 6.43. The molecule has 0 aliphatic carbocycles. The number of carbonyl (C=O) groups excluding carboxylic acids is 1. The maximum absolute atomic E-state index is 13.5. The normalized spacial score (nSPS) is 17.0. The lowest BCUT2D eigenvalue weighted by Crippen LogP contribution is -2.38. The van der Waals surface area contributed by atoms with E-state index in [1.165, 1.54) is 5.56 Å². The van der Waals surface area contributed by atoms with Crippen LogP contribution in [-0.2, 0) is 11.0 Å². The third-order valence-corrected chi connectivity index (χ3v) is 6.82. The van der Waals surface area contributed by atoms with Crippen LogP contribution in [0.25, 0.3) is 11.4 Å². The first kappa shape index (κ1) is 23.3. The van der Waals surface area contributed by atoms with Gasteiger partial charge in [-0.05, 0) is 50.1 Å². The van der Waals surface area contributed by atoms with Gasteiger partial charge in [0, 0.05) is 17.0 Å². The fraction of sp³-hybridized carbons (Fsp3) is 0.333. The van der Waals surface area contributed by atoms with Gasteiger partial charge in [0.25, 0.3) is 0 Å². The molecule has 1 aliphatic rings. The molecule has 1 N–H and O–H groups in total. The van der Waals surface area contributed by atoms with Gasteiger partial charge in [-0.2, -0.15) is 10.1 Å². The summed E-state index contributed by atoms with van der Waals surface area (Å²) >= 11 is 5.98. The first-order valence-electron chi connectivity index (χ1n) is 11.7.